The van der Waals surface area contributed by atoms with Crippen LogP contribution >= 0.6 is 0 Å². The molecule has 138 valence electrons. The molecule has 0 radical (unpaired) electrons. The molecule has 0 spiro atoms. The van der Waals surface area contributed by atoms with Gasteiger partial charge in [0.15, 0.2) is 11.5 Å². The smallest absolute Gasteiger partial charge is 0.328 e. The molecule has 1 aromatic heterocycles. The number of furan rings is 1. The first-order valence-corrected chi connectivity index (χ1v) is 8.20. The van der Waals surface area contributed by atoms with Crippen LogP contribution in [-0.2, 0) is 16.1 Å². The Labute approximate surface area is 151 Å². The van der Waals surface area contributed by atoms with Gasteiger partial charge in [0.05, 0.1) is 12.9 Å². The standard InChI is InChI=1S/C19H21NO6/c1-4-24-16-8-7-14(13(3)21)10-15(16)11-26-19(23)12(2)20-18(22)17-6-5-9-25-17/h5-10,12H,4,11H2,1-3H3,(H,20,22)/t12-/m1/s1. The predicted molar refractivity (Wildman–Crippen MR) is 93.0 cm³/mol. The summed E-state index contributed by atoms with van der Waals surface area (Å²) in [6.07, 6.45) is 1.37. The van der Waals surface area contributed by atoms with Crippen molar-refractivity contribution in [1.29, 1.82) is 0 Å². The van der Waals surface area contributed by atoms with Gasteiger partial charge in [-0.05, 0) is 51.1 Å². The van der Waals surface area contributed by atoms with Crippen LogP contribution in [0.2, 0.25) is 0 Å². The maximum Gasteiger partial charge on any atom is 0.328 e. The molecule has 0 aliphatic carbocycles. The lowest BCUT2D eigenvalue weighted by Crippen LogP contribution is -2.39. The van der Waals surface area contributed by atoms with E-state index in [1.807, 2.05) is 6.92 Å². The number of rotatable bonds is 8. The summed E-state index contributed by atoms with van der Waals surface area (Å²) in [7, 11) is 0. The number of ketones is 1. The first-order chi connectivity index (χ1) is 12.4. The quantitative estimate of drug-likeness (QED) is 0.575. The lowest BCUT2D eigenvalue weighted by Gasteiger charge is -2.15. The molecule has 0 saturated heterocycles. The minimum Gasteiger partial charge on any atom is -0.493 e. The predicted octanol–water partition coefficient (Wildman–Crippen LogP) is 2.74. The van der Waals surface area contributed by atoms with Crippen LogP contribution in [0.25, 0.3) is 0 Å². The third-order valence-corrected chi connectivity index (χ3v) is 3.58. The minimum absolute atomic E-state index is 0.0732. The number of carbonyl (C=O) groups is 3. The van der Waals surface area contributed by atoms with Gasteiger partial charge in [0.25, 0.3) is 5.91 Å². The van der Waals surface area contributed by atoms with Gasteiger partial charge in [0.1, 0.15) is 18.4 Å². The molecule has 0 unspecified atom stereocenters. The summed E-state index contributed by atoms with van der Waals surface area (Å²) < 4.78 is 15.7. The van der Waals surface area contributed by atoms with Crippen molar-refractivity contribution in [2.75, 3.05) is 6.61 Å². The lowest BCUT2D eigenvalue weighted by atomic mass is 10.1. The highest BCUT2D eigenvalue weighted by atomic mass is 16.5. The van der Waals surface area contributed by atoms with E-state index in [2.05, 4.69) is 5.32 Å². The van der Waals surface area contributed by atoms with E-state index in [1.54, 1.807) is 24.3 Å². The van der Waals surface area contributed by atoms with Crippen molar-refractivity contribution in [2.24, 2.45) is 0 Å². The molecule has 0 aliphatic heterocycles. The largest absolute Gasteiger partial charge is 0.493 e. The van der Waals surface area contributed by atoms with Crippen LogP contribution in [0, 0.1) is 0 Å². The Bertz CT molecular complexity index is 781. The monoisotopic (exact) mass is 359 g/mol. The molecule has 7 heteroatoms. The van der Waals surface area contributed by atoms with Crippen molar-refractivity contribution < 1.29 is 28.3 Å². The first-order valence-electron chi connectivity index (χ1n) is 8.20. The zero-order valence-corrected chi connectivity index (χ0v) is 14.9. The van der Waals surface area contributed by atoms with Gasteiger partial charge in [0.2, 0.25) is 0 Å². The summed E-state index contributed by atoms with van der Waals surface area (Å²) in [6, 6.07) is 7.17. The van der Waals surface area contributed by atoms with Crippen molar-refractivity contribution in [3.63, 3.8) is 0 Å². The van der Waals surface area contributed by atoms with Gasteiger partial charge in [-0.3, -0.25) is 9.59 Å². The van der Waals surface area contributed by atoms with Crippen LogP contribution in [-0.4, -0.2) is 30.3 Å². The number of hydrogen-bond acceptors (Lipinski definition) is 6. The van der Waals surface area contributed by atoms with E-state index >= 15 is 0 Å². The van der Waals surface area contributed by atoms with Crippen molar-refractivity contribution in [3.8, 4) is 5.75 Å². The molecule has 1 N–H and O–H groups in total. The number of ether oxygens (including phenoxy) is 2. The Morgan fingerprint density at radius 1 is 1.23 bits per heavy atom. The summed E-state index contributed by atoms with van der Waals surface area (Å²) in [5.74, 6) is -0.566. The fourth-order valence-corrected chi connectivity index (χ4v) is 2.22. The molecule has 0 fully saturated rings. The summed E-state index contributed by atoms with van der Waals surface area (Å²) in [6.45, 7) is 5.17. The molecule has 1 amide bonds. The number of Topliss-reactive ketones (excluding diaryl/α,β-unsaturated/α-hetero) is 1. The maximum atomic E-state index is 12.1. The van der Waals surface area contributed by atoms with Gasteiger partial charge in [-0.15, -0.1) is 0 Å². The van der Waals surface area contributed by atoms with E-state index in [0.29, 0.717) is 23.5 Å². The number of carbonyl (C=O) groups excluding carboxylic acids is 3. The molecule has 7 nitrogen and oxygen atoms in total. The normalized spacial score (nSPS) is 11.5. The first kappa shape index (κ1) is 19.2. The van der Waals surface area contributed by atoms with Crippen LogP contribution in [0.5, 0.6) is 5.75 Å². The Kier molecular flexibility index (Phi) is 6.54. The van der Waals surface area contributed by atoms with E-state index < -0.39 is 17.9 Å². The van der Waals surface area contributed by atoms with Gasteiger partial charge in [-0.1, -0.05) is 0 Å². The summed E-state index contributed by atoms with van der Waals surface area (Å²) in [5, 5.41) is 2.50. The van der Waals surface area contributed by atoms with Crippen molar-refractivity contribution in [2.45, 2.75) is 33.4 Å². The summed E-state index contributed by atoms with van der Waals surface area (Å²) >= 11 is 0. The van der Waals surface area contributed by atoms with E-state index in [-0.39, 0.29) is 18.2 Å². The zero-order chi connectivity index (χ0) is 19.1. The van der Waals surface area contributed by atoms with E-state index in [0.717, 1.165) is 0 Å². The number of amides is 1. The van der Waals surface area contributed by atoms with E-state index in [4.69, 9.17) is 13.9 Å². The molecule has 26 heavy (non-hydrogen) atoms. The molecule has 1 atom stereocenters. The third-order valence-electron chi connectivity index (χ3n) is 3.58. The van der Waals surface area contributed by atoms with Gasteiger partial charge in [0, 0.05) is 11.1 Å². The molecule has 0 aliphatic rings. The fraction of sp³-hybridized carbons (Fsp3) is 0.316. The second-order valence-corrected chi connectivity index (χ2v) is 5.59. The van der Waals surface area contributed by atoms with Gasteiger partial charge in [-0.25, -0.2) is 4.79 Å². The Morgan fingerprint density at radius 3 is 2.62 bits per heavy atom. The van der Waals surface area contributed by atoms with Gasteiger partial charge in [-0.2, -0.15) is 0 Å². The summed E-state index contributed by atoms with van der Waals surface area (Å²) in [5.41, 5.74) is 1.08. The molecule has 1 aromatic carbocycles. The molecule has 2 rings (SSSR count). The average molecular weight is 359 g/mol. The van der Waals surface area contributed by atoms with Crippen LogP contribution < -0.4 is 10.1 Å². The Hall–Kier alpha value is -3.09. The number of nitrogens with one attached hydrogen (secondary N) is 1. The third kappa shape index (κ3) is 4.95. The van der Waals surface area contributed by atoms with Crippen LogP contribution in [0.15, 0.2) is 41.0 Å². The fourth-order valence-electron chi connectivity index (χ4n) is 2.22. The van der Waals surface area contributed by atoms with Crippen LogP contribution in [0.3, 0.4) is 0 Å². The highest BCUT2D eigenvalue weighted by Gasteiger charge is 2.20. The van der Waals surface area contributed by atoms with Crippen LogP contribution in [0.4, 0.5) is 0 Å². The number of hydrogen-bond donors (Lipinski definition) is 1. The number of esters is 1. The molecule has 0 saturated carbocycles. The van der Waals surface area contributed by atoms with Crippen molar-refractivity contribution in [3.05, 3.63) is 53.5 Å². The Morgan fingerprint density at radius 2 is 2.00 bits per heavy atom. The second-order valence-electron chi connectivity index (χ2n) is 5.59. The number of benzene rings is 1. The highest BCUT2D eigenvalue weighted by molar-refractivity contribution is 5.95. The highest BCUT2D eigenvalue weighted by Crippen LogP contribution is 2.22. The lowest BCUT2D eigenvalue weighted by molar-refractivity contribution is -0.146. The summed E-state index contributed by atoms with van der Waals surface area (Å²) in [4.78, 5) is 35.6. The molecular formula is C19H21NO6. The average Bonchev–Trinajstić information content (AvgIpc) is 3.15. The van der Waals surface area contributed by atoms with Gasteiger partial charge >= 0.3 is 5.97 Å². The molecule has 0 bridgehead atoms. The van der Waals surface area contributed by atoms with Crippen molar-refractivity contribution in [1.82, 2.24) is 5.32 Å². The van der Waals surface area contributed by atoms with Crippen LogP contribution in [0.1, 0.15) is 47.2 Å². The maximum absolute atomic E-state index is 12.1. The Balaban J connectivity index is 2.00. The topological polar surface area (TPSA) is 94.8 Å². The zero-order valence-electron chi connectivity index (χ0n) is 14.9. The second kappa shape index (κ2) is 8.84. The van der Waals surface area contributed by atoms with Crippen molar-refractivity contribution >= 4 is 17.7 Å². The SMILES string of the molecule is CCOc1ccc(C(C)=O)cc1COC(=O)[C@@H](C)NC(=O)c1ccco1. The van der Waals surface area contributed by atoms with E-state index in [1.165, 1.54) is 26.2 Å². The van der Waals surface area contributed by atoms with Gasteiger partial charge < -0.3 is 19.2 Å². The molecular weight excluding hydrogens is 338 g/mol. The van der Waals surface area contributed by atoms with E-state index in [9.17, 15) is 14.4 Å². The minimum atomic E-state index is -0.862. The molecule has 2 aromatic rings. The molecule has 1 heterocycles.